The lowest BCUT2D eigenvalue weighted by Gasteiger charge is -2.29. The van der Waals surface area contributed by atoms with Crippen LogP contribution in [0.25, 0.3) is 0 Å². The minimum absolute atomic E-state index is 0.161. The zero-order valence-corrected chi connectivity index (χ0v) is 15.4. The van der Waals surface area contributed by atoms with Gasteiger partial charge in [-0.15, -0.1) is 10.2 Å². The minimum Gasteiger partial charge on any atom is -0.484 e. The van der Waals surface area contributed by atoms with Gasteiger partial charge in [0.1, 0.15) is 11.9 Å². The topological polar surface area (TPSA) is 94.8 Å². The van der Waals surface area contributed by atoms with Gasteiger partial charge in [-0.1, -0.05) is 6.07 Å². The first kappa shape index (κ1) is 17.4. The molecule has 1 aromatic carbocycles. The van der Waals surface area contributed by atoms with Crippen molar-refractivity contribution in [2.75, 3.05) is 26.0 Å². The van der Waals surface area contributed by atoms with Crippen molar-refractivity contribution in [3.63, 3.8) is 0 Å². The molecule has 1 fully saturated rings. The predicted octanol–water partition coefficient (Wildman–Crippen LogP) is 1.47. The van der Waals surface area contributed by atoms with Crippen molar-refractivity contribution in [2.45, 2.75) is 32.0 Å². The van der Waals surface area contributed by atoms with Crippen molar-refractivity contribution in [2.24, 2.45) is 0 Å². The lowest BCUT2D eigenvalue weighted by molar-refractivity contribution is -0.0180. The lowest BCUT2D eigenvalue weighted by atomic mass is 10.1. The van der Waals surface area contributed by atoms with Gasteiger partial charge in [0, 0.05) is 13.1 Å². The molecule has 1 aromatic heterocycles. The smallest absolute Gasteiger partial charge is 0.254 e. The monoisotopic (exact) mass is 379 g/mol. The second-order valence-corrected chi connectivity index (χ2v) is 8.57. The van der Waals surface area contributed by atoms with Crippen LogP contribution in [0.15, 0.2) is 22.6 Å². The molecule has 9 heteroatoms. The van der Waals surface area contributed by atoms with Gasteiger partial charge in [0.2, 0.25) is 15.9 Å². The molecule has 1 aliphatic heterocycles. The Morgan fingerprint density at radius 1 is 1.27 bits per heavy atom. The van der Waals surface area contributed by atoms with E-state index < -0.39 is 16.1 Å². The number of ether oxygens (including phenoxy) is 2. The van der Waals surface area contributed by atoms with E-state index in [9.17, 15) is 8.42 Å². The summed E-state index contributed by atoms with van der Waals surface area (Å²) in [5, 5.41) is 7.96. The Bertz CT molecular complexity index is 896. The van der Waals surface area contributed by atoms with Crippen LogP contribution in [0.3, 0.4) is 0 Å². The van der Waals surface area contributed by atoms with Gasteiger partial charge < -0.3 is 13.9 Å². The molecule has 1 aliphatic carbocycles. The summed E-state index contributed by atoms with van der Waals surface area (Å²) in [6.45, 7) is 0.958. The van der Waals surface area contributed by atoms with Crippen molar-refractivity contribution in [3.8, 4) is 5.75 Å². The lowest BCUT2D eigenvalue weighted by Crippen LogP contribution is -2.41. The Morgan fingerprint density at radius 2 is 2.12 bits per heavy atom. The molecule has 4 rings (SSSR count). The average Bonchev–Trinajstić information content (AvgIpc) is 3.28. The van der Waals surface area contributed by atoms with Crippen molar-refractivity contribution in [1.82, 2.24) is 14.5 Å². The molecular weight excluding hydrogens is 358 g/mol. The van der Waals surface area contributed by atoms with E-state index >= 15 is 0 Å². The van der Waals surface area contributed by atoms with Gasteiger partial charge in [-0.2, -0.15) is 4.31 Å². The standard InChI is InChI=1S/C17H21N3O5S/c1-26(21,22)20-7-8-23-15(10-20)17-19-18-16(25-17)11-24-14-6-5-12-3-2-4-13(12)9-14/h5-6,9,15H,2-4,7-8,10-11H2,1H3/t15-/m0/s1. The van der Waals surface area contributed by atoms with Gasteiger partial charge in [-0.3, -0.25) is 0 Å². The van der Waals surface area contributed by atoms with Crippen LogP contribution in [-0.4, -0.2) is 48.9 Å². The minimum atomic E-state index is -3.27. The molecule has 2 aromatic rings. The maximum atomic E-state index is 11.7. The zero-order valence-electron chi connectivity index (χ0n) is 14.6. The van der Waals surface area contributed by atoms with Gasteiger partial charge >= 0.3 is 0 Å². The van der Waals surface area contributed by atoms with E-state index in [1.807, 2.05) is 6.07 Å². The predicted molar refractivity (Wildman–Crippen MR) is 92.2 cm³/mol. The van der Waals surface area contributed by atoms with Crippen LogP contribution in [0.2, 0.25) is 0 Å². The van der Waals surface area contributed by atoms with E-state index in [1.165, 1.54) is 28.1 Å². The van der Waals surface area contributed by atoms with Crippen LogP contribution < -0.4 is 4.74 Å². The molecule has 1 saturated heterocycles. The largest absolute Gasteiger partial charge is 0.484 e. The summed E-state index contributed by atoms with van der Waals surface area (Å²) in [6.07, 6.45) is 4.04. The van der Waals surface area contributed by atoms with E-state index in [2.05, 4.69) is 22.3 Å². The van der Waals surface area contributed by atoms with E-state index in [0.717, 1.165) is 18.6 Å². The number of benzene rings is 1. The van der Waals surface area contributed by atoms with Gasteiger partial charge in [0.05, 0.1) is 12.9 Å². The fraction of sp³-hybridized carbons (Fsp3) is 0.529. The molecular formula is C17H21N3O5S. The Balaban J connectivity index is 1.39. The van der Waals surface area contributed by atoms with E-state index in [4.69, 9.17) is 13.9 Å². The number of hydrogen-bond donors (Lipinski definition) is 0. The number of morpholine rings is 1. The molecule has 0 spiro atoms. The van der Waals surface area contributed by atoms with Gasteiger partial charge in [-0.25, -0.2) is 8.42 Å². The Labute approximate surface area is 152 Å². The number of fused-ring (bicyclic) bond motifs is 1. The summed E-state index contributed by atoms with van der Waals surface area (Å²) < 4.78 is 41.7. The number of nitrogens with zero attached hydrogens (tertiary/aromatic N) is 3. The third-order valence-corrected chi connectivity index (χ3v) is 5.96. The number of sulfonamides is 1. The highest BCUT2D eigenvalue weighted by atomic mass is 32.2. The van der Waals surface area contributed by atoms with Crippen molar-refractivity contribution >= 4 is 10.0 Å². The van der Waals surface area contributed by atoms with Crippen molar-refractivity contribution < 1.29 is 22.3 Å². The van der Waals surface area contributed by atoms with Crippen LogP contribution in [0, 0.1) is 0 Å². The molecule has 0 bridgehead atoms. The first-order valence-corrected chi connectivity index (χ1v) is 10.5. The highest BCUT2D eigenvalue weighted by Gasteiger charge is 2.31. The third-order valence-electron chi connectivity index (χ3n) is 4.69. The van der Waals surface area contributed by atoms with Gasteiger partial charge in [-0.05, 0) is 42.5 Å². The van der Waals surface area contributed by atoms with Crippen molar-refractivity contribution in [1.29, 1.82) is 0 Å². The number of rotatable bonds is 5. The van der Waals surface area contributed by atoms with Crippen molar-refractivity contribution in [3.05, 3.63) is 41.1 Å². The SMILES string of the molecule is CS(=O)(=O)N1CCO[C@H](c2nnc(COc3ccc4c(c3)CCC4)o2)C1. The second kappa shape index (κ2) is 6.98. The molecule has 0 unspecified atom stereocenters. The molecule has 0 N–H and O–H groups in total. The molecule has 8 nitrogen and oxygen atoms in total. The van der Waals surface area contributed by atoms with E-state index in [1.54, 1.807) is 0 Å². The highest BCUT2D eigenvalue weighted by Crippen LogP contribution is 2.27. The normalized spacial score (nSPS) is 20.9. The fourth-order valence-corrected chi connectivity index (χ4v) is 4.13. The summed E-state index contributed by atoms with van der Waals surface area (Å²) in [6, 6.07) is 6.12. The van der Waals surface area contributed by atoms with Crippen LogP contribution in [-0.2, 0) is 34.2 Å². The van der Waals surface area contributed by atoms with Crippen LogP contribution in [0.5, 0.6) is 5.75 Å². The summed E-state index contributed by atoms with van der Waals surface area (Å²) in [4.78, 5) is 0. The zero-order chi connectivity index (χ0) is 18.1. The summed E-state index contributed by atoms with van der Waals surface area (Å²) in [7, 11) is -3.27. The maximum absolute atomic E-state index is 11.7. The molecule has 2 heterocycles. The third kappa shape index (κ3) is 3.74. The molecule has 0 radical (unpaired) electrons. The Morgan fingerprint density at radius 3 is 2.96 bits per heavy atom. The summed E-state index contributed by atoms with van der Waals surface area (Å²) in [5.74, 6) is 1.38. The molecule has 2 aliphatic rings. The summed E-state index contributed by atoms with van der Waals surface area (Å²) in [5.41, 5.74) is 2.73. The maximum Gasteiger partial charge on any atom is 0.254 e. The van der Waals surface area contributed by atoms with Crippen LogP contribution >= 0.6 is 0 Å². The molecule has 140 valence electrons. The first-order valence-electron chi connectivity index (χ1n) is 8.62. The Hall–Kier alpha value is -1.97. The number of aryl methyl sites for hydroxylation is 2. The van der Waals surface area contributed by atoms with E-state index in [0.29, 0.717) is 19.0 Å². The highest BCUT2D eigenvalue weighted by molar-refractivity contribution is 7.88. The number of hydrogen-bond acceptors (Lipinski definition) is 7. The van der Waals surface area contributed by atoms with Gasteiger partial charge in [0.25, 0.3) is 5.89 Å². The first-order chi connectivity index (χ1) is 12.5. The van der Waals surface area contributed by atoms with Gasteiger partial charge in [0.15, 0.2) is 6.61 Å². The molecule has 0 saturated carbocycles. The Kier molecular flexibility index (Phi) is 4.68. The molecule has 0 amide bonds. The number of aromatic nitrogens is 2. The van der Waals surface area contributed by atoms with Crippen LogP contribution in [0.1, 0.15) is 35.4 Å². The second-order valence-electron chi connectivity index (χ2n) is 6.59. The summed E-state index contributed by atoms with van der Waals surface area (Å²) >= 11 is 0. The average molecular weight is 379 g/mol. The molecule has 1 atom stereocenters. The van der Waals surface area contributed by atoms with E-state index in [-0.39, 0.29) is 19.0 Å². The quantitative estimate of drug-likeness (QED) is 0.776. The molecule has 26 heavy (non-hydrogen) atoms. The van der Waals surface area contributed by atoms with Crippen LogP contribution in [0.4, 0.5) is 0 Å². The fourth-order valence-electron chi connectivity index (χ4n) is 3.31.